The Balaban J connectivity index is 2.50. The molecule has 0 aromatic carbocycles. The molecule has 0 amide bonds. The van der Waals surface area contributed by atoms with Crippen molar-refractivity contribution in [2.75, 3.05) is 0 Å². The van der Waals surface area contributed by atoms with Gasteiger partial charge in [0.1, 0.15) is 6.10 Å². The number of esters is 5. The fraction of sp³-hybridized carbons (Fsp3) is 0.773. The van der Waals surface area contributed by atoms with E-state index in [9.17, 15) is 29.1 Å². The summed E-state index contributed by atoms with van der Waals surface area (Å²) in [5.74, 6) is -3.80. The first kappa shape index (κ1) is 29.4. The molecular formula is C22H32O14. The summed E-state index contributed by atoms with van der Waals surface area (Å²) in [5, 5.41) is 10.4. The summed E-state index contributed by atoms with van der Waals surface area (Å²) in [6, 6.07) is 0. The summed E-state index contributed by atoms with van der Waals surface area (Å²) in [6.45, 7) is 8.54. The van der Waals surface area contributed by atoms with Gasteiger partial charge >= 0.3 is 29.8 Å². The van der Waals surface area contributed by atoms with Crippen molar-refractivity contribution in [1.82, 2.24) is 0 Å². The topological polar surface area (TPSA) is 179 Å². The zero-order valence-corrected chi connectivity index (χ0v) is 21.0. The Morgan fingerprint density at radius 2 is 0.889 bits per heavy atom. The van der Waals surface area contributed by atoms with Crippen LogP contribution in [0.3, 0.4) is 0 Å². The molecule has 2 aliphatic rings. The van der Waals surface area contributed by atoms with E-state index >= 15 is 0 Å². The van der Waals surface area contributed by atoms with Crippen LogP contribution in [0.4, 0.5) is 0 Å². The largest absolute Gasteiger partial charge is 0.457 e. The minimum atomic E-state index is -1.67. The maximum absolute atomic E-state index is 11.9. The zero-order valence-electron chi connectivity index (χ0n) is 21.0. The number of ether oxygens (including phenoxy) is 8. The van der Waals surface area contributed by atoms with E-state index in [2.05, 4.69) is 0 Å². The van der Waals surface area contributed by atoms with Crippen LogP contribution in [0.2, 0.25) is 0 Å². The van der Waals surface area contributed by atoms with Crippen molar-refractivity contribution in [3.05, 3.63) is 0 Å². The third kappa shape index (κ3) is 7.59. The lowest BCUT2D eigenvalue weighted by atomic mass is 9.96. The third-order valence-electron chi connectivity index (χ3n) is 5.27. The smallest absolute Gasteiger partial charge is 0.303 e. The molecule has 0 radical (unpaired) electrons. The van der Waals surface area contributed by atoms with Gasteiger partial charge < -0.3 is 43.0 Å². The number of aliphatic hydroxyl groups excluding tert-OH is 1. The van der Waals surface area contributed by atoms with E-state index in [1.54, 1.807) is 0 Å². The van der Waals surface area contributed by atoms with E-state index in [4.69, 9.17) is 37.9 Å². The normalized spacial score (nSPS) is 36.2. The minimum absolute atomic E-state index is 0.709. The Kier molecular flexibility index (Phi) is 10.2. The molecule has 0 aromatic heterocycles. The number of hydrogen-bond acceptors (Lipinski definition) is 14. The van der Waals surface area contributed by atoms with Crippen molar-refractivity contribution >= 4 is 29.8 Å². The molecule has 36 heavy (non-hydrogen) atoms. The van der Waals surface area contributed by atoms with Crippen molar-refractivity contribution in [2.45, 2.75) is 110 Å². The highest BCUT2D eigenvalue weighted by atomic mass is 16.8. The first-order valence-corrected chi connectivity index (χ1v) is 11.2. The average Bonchev–Trinajstić information content (AvgIpc) is 2.71. The fourth-order valence-corrected chi connectivity index (χ4v) is 4.05. The molecule has 2 heterocycles. The molecular weight excluding hydrogens is 488 g/mol. The van der Waals surface area contributed by atoms with Crippen LogP contribution in [0.25, 0.3) is 0 Å². The SMILES string of the molecule is CC(=O)OC1C(OC(C)=O)[C@@H](OC(C)=O)C(C)O[C@H]1OC1C(OC(C)=O)[C@H](O)OC(C)[C@@H]1OC(C)=O. The Morgan fingerprint density at radius 3 is 1.36 bits per heavy atom. The Labute approximate surface area is 207 Å². The first-order chi connectivity index (χ1) is 16.7. The van der Waals surface area contributed by atoms with Crippen LogP contribution < -0.4 is 0 Å². The molecule has 0 aliphatic carbocycles. The van der Waals surface area contributed by atoms with Gasteiger partial charge in [-0.3, -0.25) is 24.0 Å². The van der Waals surface area contributed by atoms with Crippen molar-refractivity contribution in [1.29, 1.82) is 0 Å². The molecule has 2 aliphatic heterocycles. The second-order valence-corrected chi connectivity index (χ2v) is 8.41. The van der Waals surface area contributed by atoms with Gasteiger partial charge in [-0.05, 0) is 13.8 Å². The maximum atomic E-state index is 11.9. The van der Waals surface area contributed by atoms with Crippen LogP contribution in [-0.2, 0) is 61.9 Å². The predicted octanol–water partition coefficient (Wildman–Crippen LogP) is -0.488. The summed E-state index contributed by atoms with van der Waals surface area (Å²) in [7, 11) is 0. The zero-order chi connectivity index (χ0) is 27.3. The van der Waals surface area contributed by atoms with E-state index in [0.29, 0.717) is 0 Å². The van der Waals surface area contributed by atoms with E-state index < -0.39 is 91.3 Å². The van der Waals surface area contributed by atoms with Crippen LogP contribution in [0.5, 0.6) is 0 Å². The van der Waals surface area contributed by atoms with Gasteiger partial charge in [0.2, 0.25) is 0 Å². The highest BCUT2D eigenvalue weighted by molar-refractivity contribution is 5.68. The molecule has 0 saturated carbocycles. The molecule has 2 rings (SSSR count). The highest BCUT2D eigenvalue weighted by Gasteiger charge is 2.55. The molecule has 2 fully saturated rings. The molecule has 14 heteroatoms. The van der Waals surface area contributed by atoms with Gasteiger partial charge in [-0.15, -0.1) is 0 Å². The second kappa shape index (κ2) is 12.4. The van der Waals surface area contributed by atoms with Crippen LogP contribution in [0.15, 0.2) is 0 Å². The lowest BCUT2D eigenvalue weighted by molar-refractivity contribution is -0.352. The van der Waals surface area contributed by atoms with Crippen LogP contribution in [0, 0.1) is 0 Å². The fourth-order valence-electron chi connectivity index (χ4n) is 4.05. The molecule has 1 N–H and O–H groups in total. The minimum Gasteiger partial charge on any atom is -0.457 e. The van der Waals surface area contributed by atoms with Gasteiger partial charge in [0.05, 0.1) is 12.2 Å². The van der Waals surface area contributed by atoms with Gasteiger partial charge in [0.15, 0.2) is 43.1 Å². The Morgan fingerprint density at radius 1 is 0.528 bits per heavy atom. The van der Waals surface area contributed by atoms with Crippen molar-refractivity contribution in [2.24, 2.45) is 0 Å². The van der Waals surface area contributed by atoms with Gasteiger partial charge in [-0.1, -0.05) is 0 Å². The van der Waals surface area contributed by atoms with E-state index in [0.717, 1.165) is 34.6 Å². The standard InChI is InChI=1S/C22H32O14/c1-8-15(31-10(3)23)17(19(21(28)29-8)34-13(6)26)36-22-20(35-14(7)27)18(33-12(5)25)16(9(2)30-22)32-11(4)24/h8-9,15-22,28H,1-7H3/t8?,9?,15-,16-,17?,18?,19?,20?,21+,22-/m0/s1. The van der Waals surface area contributed by atoms with Crippen molar-refractivity contribution in [3.63, 3.8) is 0 Å². The van der Waals surface area contributed by atoms with Crippen LogP contribution in [0.1, 0.15) is 48.5 Å². The summed E-state index contributed by atoms with van der Waals surface area (Å²) < 4.78 is 43.6. The number of carbonyl (C=O) groups is 5. The molecule has 0 aromatic rings. The monoisotopic (exact) mass is 520 g/mol. The first-order valence-electron chi connectivity index (χ1n) is 11.2. The molecule has 14 nitrogen and oxygen atoms in total. The molecule has 10 atom stereocenters. The Bertz CT molecular complexity index is 815. The van der Waals surface area contributed by atoms with E-state index in [1.807, 2.05) is 0 Å². The van der Waals surface area contributed by atoms with Gasteiger partial charge in [0.25, 0.3) is 0 Å². The molecule has 2 saturated heterocycles. The van der Waals surface area contributed by atoms with Gasteiger partial charge in [-0.2, -0.15) is 0 Å². The summed E-state index contributed by atoms with van der Waals surface area (Å²) >= 11 is 0. The van der Waals surface area contributed by atoms with E-state index in [1.165, 1.54) is 13.8 Å². The van der Waals surface area contributed by atoms with Crippen molar-refractivity contribution in [3.8, 4) is 0 Å². The predicted molar refractivity (Wildman–Crippen MR) is 114 cm³/mol. The maximum Gasteiger partial charge on any atom is 0.303 e. The van der Waals surface area contributed by atoms with Gasteiger partial charge in [-0.25, -0.2) is 0 Å². The molecule has 0 spiro atoms. The number of aliphatic hydroxyl groups is 1. The summed E-state index contributed by atoms with van der Waals surface area (Å²) in [4.78, 5) is 59.0. The summed E-state index contributed by atoms with van der Waals surface area (Å²) in [5.41, 5.74) is 0. The van der Waals surface area contributed by atoms with E-state index in [-0.39, 0.29) is 0 Å². The average molecular weight is 520 g/mol. The summed E-state index contributed by atoms with van der Waals surface area (Å²) in [6.07, 6.45) is -13.1. The third-order valence-corrected chi connectivity index (χ3v) is 5.27. The Hall–Kier alpha value is -2.81. The lowest BCUT2D eigenvalue weighted by Crippen LogP contribution is -2.65. The number of hydrogen-bond donors (Lipinski definition) is 1. The second-order valence-electron chi connectivity index (χ2n) is 8.41. The quantitative estimate of drug-likeness (QED) is 0.335. The number of rotatable bonds is 7. The molecule has 0 bridgehead atoms. The van der Waals surface area contributed by atoms with Crippen molar-refractivity contribution < 1.29 is 67.0 Å². The lowest BCUT2D eigenvalue weighted by Gasteiger charge is -2.47. The van der Waals surface area contributed by atoms with Crippen LogP contribution >= 0.6 is 0 Å². The highest BCUT2D eigenvalue weighted by Crippen LogP contribution is 2.34. The molecule has 6 unspecified atom stereocenters. The van der Waals surface area contributed by atoms with Gasteiger partial charge in [0, 0.05) is 34.6 Å². The number of carbonyl (C=O) groups excluding carboxylic acids is 5. The molecule has 204 valence electrons. The van der Waals surface area contributed by atoms with Crippen LogP contribution in [-0.4, -0.2) is 96.4 Å².